The van der Waals surface area contributed by atoms with Gasteiger partial charge in [-0.25, -0.2) is 23.5 Å². The molecular formula is C25H21F2N7O2. The SMILES string of the molecule is Cn1cc2cc(N3Cc4ccc(OCC(F)F)nc4N(c4ccc5ncn(C)c5c4)C3=O)ccc2n1. The standard InChI is InChI=1S/C25H21F2N7O2/c1-31-14-28-20-7-5-18(10-21(20)31)34-24-15(3-8-23(29-24)36-13-22(26)27)12-33(25(34)35)17-4-6-19-16(9-17)11-32(2)30-19/h3-11,14,22H,12-13H2,1-2H3. The van der Waals surface area contributed by atoms with E-state index in [0.29, 0.717) is 17.2 Å². The molecule has 0 fully saturated rings. The molecule has 11 heteroatoms. The number of nitrogens with zero attached hydrogens (tertiary/aromatic N) is 7. The highest BCUT2D eigenvalue weighted by atomic mass is 19.3. The highest BCUT2D eigenvalue weighted by molar-refractivity contribution is 6.11. The van der Waals surface area contributed by atoms with Crippen molar-refractivity contribution in [2.45, 2.75) is 13.0 Å². The van der Waals surface area contributed by atoms with E-state index < -0.39 is 13.0 Å². The first-order valence-corrected chi connectivity index (χ1v) is 11.2. The van der Waals surface area contributed by atoms with E-state index in [2.05, 4.69) is 15.1 Å². The fraction of sp³-hybridized carbons (Fsp3) is 0.200. The predicted molar refractivity (Wildman–Crippen MR) is 131 cm³/mol. The van der Waals surface area contributed by atoms with Crippen molar-refractivity contribution in [2.24, 2.45) is 14.1 Å². The van der Waals surface area contributed by atoms with Crippen LogP contribution in [0, 0.1) is 0 Å². The van der Waals surface area contributed by atoms with Gasteiger partial charge in [-0.1, -0.05) is 0 Å². The molecule has 0 N–H and O–H groups in total. The van der Waals surface area contributed by atoms with E-state index in [1.54, 1.807) is 34.1 Å². The minimum absolute atomic E-state index is 0.0266. The minimum atomic E-state index is -2.63. The zero-order valence-electron chi connectivity index (χ0n) is 19.5. The van der Waals surface area contributed by atoms with Gasteiger partial charge in [0.1, 0.15) is 5.82 Å². The van der Waals surface area contributed by atoms with Crippen LogP contribution in [-0.4, -0.2) is 43.4 Å². The molecule has 0 saturated heterocycles. The van der Waals surface area contributed by atoms with Gasteiger partial charge in [-0.2, -0.15) is 10.1 Å². The van der Waals surface area contributed by atoms with Crippen molar-refractivity contribution < 1.29 is 18.3 Å². The lowest BCUT2D eigenvalue weighted by atomic mass is 10.1. The van der Waals surface area contributed by atoms with Crippen LogP contribution in [0.1, 0.15) is 5.56 Å². The summed E-state index contributed by atoms with van der Waals surface area (Å²) in [5.74, 6) is 0.366. The fourth-order valence-corrected chi connectivity index (χ4v) is 4.45. The van der Waals surface area contributed by atoms with Crippen molar-refractivity contribution >= 4 is 45.2 Å². The molecule has 2 amide bonds. The Morgan fingerprint density at radius 2 is 1.83 bits per heavy atom. The van der Waals surface area contributed by atoms with Gasteiger partial charge in [0.05, 0.1) is 35.1 Å². The molecule has 0 unspecified atom stereocenters. The molecule has 3 aromatic heterocycles. The number of carbonyl (C=O) groups excluding carboxylic acids is 1. The first-order chi connectivity index (χ1) is 17.4. The van der Waals surface area contributed by atoms with Crippen molar-refractivity contribution in [3.63, 3.8) is 0 Å². The van der Waals surface area contributed by atoms with E-state index in [1.165, 1.54) is 4.90 Å². The summed E-state index contributed by atoms with van der Waals surface area (Å²) in [6.07, 6.45) is 0.958. The van der Waals surface area contributed by atoms with E-state index >= 15 is 0 Å². The number of benzene rings is 2. The second kappa shape index (κ2) is 8.29. The van der Waals surface area contributed by atoms with E-state index in [-0.39, 0.29) is 18.5 Å². The Bertz CT molecular complexity index is 1630. The van der Waals surface area contributed by atoms with Crippen LogP contribution in [0.25, 0.3) is 21.9 Å². The number of aromatic nitrogens is 5. The van der Waals surface area contributed by atoms with E-state index in [0.717, 1.165) is 27.5 Å². The monoisotopic (exact) mass is 489 g/mol. The quantitative estimate of drug-likeness (QED) is 0.355. The van der Waals surface area contributed by atoms with Gasteiger partial charge in [0, 0.05) is 43.0 Å². The van der Waals surface area contributed by atoms with Crippen molar-refractivity contribution in [1.29, 1.82) is 0 Å². The molecule has 9 nitrogen and oxygen atoms in total. The summed E-state index contributed by atoms with van der Waals surface area (Å²) in [7, 11) is 3.71. The number of hydrogen-bond donors (Lipinski definition) is 0. The zero-order valence-corrected chi connectivity index (χ0v) is 19.5. The second-order valence-electron chi connectivity index (χ2n) is 8.61. The molecule has 6 rings (SSSR count). The van der Waals surface area contributed by atoms with Gasteiger partial charge in [-0.15, -0.1) is 0 Å². The molecule has 1 aliphatic rings. The van der Waals surface area contributed by atoms with Crippen molar-refractivity contribution in [1.82, 2.24) is 24.3 Å². The fourth-order valence-electron chi connectivity index (χ4n) is 4.45. The molecule has 0 radical (unpaired) electrons. The Balaban J connectivity index is 1.48. The largest absolute Gasteiger partial charge is 0.472 e. The maximum absolute atomic E-state index is 14.0. The van der Waals surface area contributed by atoms with Crippen molar-refractivity contribution in [3.8, 4) is 5.88 Å². The molecule has 0 saturated carbocycles. The summed E-state index contributed by atoms with van der Waals surface area (Å²) in [6.45, 7) is -0.523. The molecule has 2 aromatic carbocycles. The Morgan fingerprint density at radius 1 is 1.03 bits per heavy atom. The number of rotatable bonds is 5. The van der Waals surface area contributed by atoms with Crippen LogP contribution in [0.15, 0.2) is 61.1 Å². The number of amides is 2. The van der Waals surface area contributed by atoms with E-state index in [1.807, 2.05) is 55.2 Å². The third kappa shape index (κ3) is 3.69. The number of alkyl halides is 2. The molecule has 1 aliphatic heterocycles. The summed E-state index contributed by atoms with van der Waals surface area (Å²) >= 11 is 0. The van der Waals surface area contributed by atoms with Crippen molar-refractivity contribution in [2.75, 3.05) is 16.4 Å². The minimum Gasteiger partial charge on any atom is -0.472 e. The first kappa shape index (κ1) is 22.0. The lowest BCUT2D eigenvalue weighted by molar-refractivity contribution is 0.0796. The molecular weight excluding hydrogens is 468 g/mol. The molecule has 0 aliphatic carbocycles. The number of hydrogen-bond acceptors (Lipinski definition) is 5. The van der Waals surface area contributed by atoms with Gasteiger partial charge in [-0.05, 0) is 42.5 Å². The van der Waals surface area contributed by atoms with Crippen LogP contribution in [0.3, 0.4) is 0 Å². The number of urea groups is 1. The van der Waals surface area contributed by atoms with E-state index in [9.17, 15) is 13.6 Å². The molecule has 5 aromatic rings. The topological polar surface area (TPSA) is 81.3 Å². The van der Waals surface area contributed by atoms with Crippen LogP contribution in [0.4, 0.5) is 30.8 Å². The van der Waals surface area contributed by atoms with Crippen LogP contribution < -0.4 is 14.5 Å². The van der Waals surface area contributed by atoms with Crippen LogP contribution in [-0.2, 0) is 20.6 Å². The number of halogens is 2. The zero-order chi connectivity index (χ0) is 25.0. The van der Waals surface area contributed by atoms with Gasteiger partial charge < -0.3 is 9.30 Å². The third-order valence-corrected chi connectivity index (χ3v) is 6.13. The average molecular weight is 489 g/mol. The molecule has 0 bridgehead atoms. The highest BCUT2D eigenvalue weighted by Gasteiger charge is 2.34. The smallest absolute Gasteiger partial charge is 0.335 e. The van der Waals surface area contributed by atoms with Crippen LogP contribution >= 0.6 is 0 Å². The Labute approximate surface area is 204 Å². The summed E-state index contributed by atoms with van der Waals surface area (Å²) in [6, 6.07) is 14.1. The number of carbonyl (C=O) groups is 1. The van der Waals surface area contributed by atoms with Gasteiger partial charge in [0.2, 0.25) is 5.88 Å². The lowest BCUT2D eigenvalue weighted by Gasteiger charge is -2.36. The van der Waals surface area contributed by atoms with Crippen LogP contribution in [0.2, 0.25) is 0 Å². The number of aryl methyl sites for hydroxylation is 2. The Hall–Kier alpha value is -4.54. The molecule has 182 valence electrons. The number of imidazole rings is 1. The molecule has 4 heterocycles. The molecule has 0 spiro atoms. The maximum Gasteiger partial charge on any atom is 0.335 e. The third-order valence-electron chi connectivity index (χ3n) is 6.13. The number of fused-ring (bicyclic) bond motifs is 3. The molecule has 0 atom stereocenters. The molecule has 36 heavy (non-hydrogen) atoms. The lowest BCUT2D eigenvalue weighted by Crippen LogP contribution is -2.45. The summed E-state index contributed by atoms with van der Waals surface area (Å²) in [4.78, 5) is 25.9. The summed E-state index contributed by atoms with van der Waals surface area (Å²) in [5, 5.41) is 5.31. The summed E-state index contributed by atoms with van der Waals surface area (Å²) < 4.78 is 34.2. The summed E-state index contributed by atoms with van der Waals surface area (Å²) in [5.41, 5.74) is 4.47. The second-order valence-corrected chi connectivity index (χ2v) is 8.61. The van der Waals surface area contributed by atoms with Gasteiger partial charge >= 0.3 is 6.03 Å². The highest BCUT2D eigenvalue weighted by Crippen LogP contribution is 2.38. The van der Waals surface area contributed by atoms with E-state index in [4.69, 9.17) is 4.74 Å². The average Bonchev–Trinajstić information content (AvgIpc) is 3.42. The number of ether oxygens (including phenoxy) is 1. The predicted octanol–water partition coefficient (Wildman–Crippen LogP) is 4.78. The van der Waals surface area contributed by atoms with Gasteiger partial charge in [0.25, 0.3) is 6.43 Å². The first-order valence-electron chi connectivity index (χ1n) is 11.2. The van der Waals surface area contributed by atoms with Crippen LogP contribution in [0.5, 0.6) is 5.88 Å². The number of anilines is 3. The Morgan fingerprint density at radius 3 is 2.67 bits per heavy atom. The maximum atomic E-state index is 14.0. The van der Waals surface area contributed by atoms with Crippen molar-refractivity contribution in [3.05, 3.63) is 66.6 Å². The number of pyridine rings is 1. The normalized spacial score (nSPS) is 13.8. The Kier molecular flexibility index (Phi) is 5.06. The van der Waals surface area contributed by atoms with Gasteiger partial charge in [-0.3, -0.25) is 9.58 Å². The van der Waals surface area contributed by atoms with Gasteiger partial charge in [0.15, 0.2) is 6.61 Å².